The van der Waals surface area contributed by atoms with E-state index < -0.39 is 6.10 Å². The molecule has 0 saturated carbocycles. The van der Waals surface area contributed by atoms with Gasteiger partial charge in [-0.3, -0.25) is 4.79 Å². The van der Waals surface area contributed by atoms with Gasteiger partial charge in [-0.15, -0.1) is 0 Å². The zero-order valence-corrected chi connectivity index (χ0v) is 17.7. The molecule has 0 radical (unpaired) electrons. The average Bonchev–Trinajstić information content (AvgIpc) is 3.44. The monoisotopic (exact) mass is 436 g/mol. The van der Waals surface area contributed by atoms with Crippen molar-refractivity contribution in [2.45, 2.75) is 31.9 Å². The number of fused-ring (bicyclic) bond motifs is 1. The highest BCUT2D eigenvalue weighted by Gasteiger charge is 2.29. The summed E-state index contributed by atoms with van der Waals surface area (Å²) in [5.74, 6) is 1.32. The highest BCUT2D eigenvalue weighted by Crippen LogP contribution is 2.37. The summed E-state index contributed by atoms with van der Waals surface area (Å²) in [7, 11) is 0. The number of rotatable bonds is 5. The van der Waals surface area contributed by atoms with Crippen LogP contribution in [-0.2, 0) is 11.2 Å². The van der Waals surface area contributed by atoms with Crippen LogP contribution < -0.4 is 14.8 Å². The molecule has 2 N–H and O–H groups in total. The normalized spacial score (nSPS) is 19.7. The number of aliphatic hydroxyl groups excluding tert-OH is 1. The van der Waals surface area contributed by atoms with E-state index in [1.54, 1.807) is 6.26 Å². The van der Waals surface area contributed by atoms with Gasteiger partial charge in [0.15, 0.2) is 17.4 Å². The van der Waals surface area contributed by atoms with Crippen molar-refractivity contribution in [2.75, 3.05) is 20.0 Å². The van der Waals surface area contributed by atoms with Gasteiger partial charge in [-0.05, 0) is 36.1 Å². The molecule has 3 heterocycles. The zero-order valence-electron chi connectivity index (χ0n) is 17.7. The van der Waals surface area contributed by atoms with Crippen LogP contribution in [0.15, 0.2) is 47.1 Å². The Hall–Kier alpha value is -3.36. The van der Waals surface area contributed by atoms with Crippen molar-refractivity contribution in [3.8, 4) is 22.8 Å². The van der Waals surface area contributed by atoms with E-state index in [-0.39, 0.29) is 25.3 Å². The predicted molar refractivity (Wildman–Crippen MR) is 115 cm³/mol. The SMILES string of the molecule is Cc1nc(-c2ccc(Cc3cc4c(c(C(=O)N[C@H]5CCOC[C@@H]5O)c3)OCO4)cc2)co1. The molecule has 1 saturated heterocycles. The van der Waals surface area contributed by atoms with Gasteiger partial charge in [0.25, 0.3) is 5.91 Å². The van der Waals surface area contributed by atoms with Crippen molar-refractivity contribution in [1.82, 2.24) is 10.3 Å². The van der Waals surface area contributed by atoms with E-state index in [1.165, 1.54) is 0 Å². The third-order valence-electron chi connectivity index (χ3n) is 5.70. The lowest BCUT2D eigenvalue weighted by Crippen LogP contribution is -2.48. The minimum Gasteiger partial charge on any atom is -0.454 e. The minimum atomic E-state index is -0.729. The van der Waals surface area contributed by atoms with Crippen LogP contribution >= 0.6 is 0 Å². The summed E-state index contributed by atoms with van der Waals surface area (Å²) < 4.78 is 21.6. The number of ether oxygens (including phenoxy) is 3. The Balaban J connectivity index is 1.36. The van der Waals surface area contributed by atoms with Crippen LogP contribution in [0.1, 0.15) is 33.8 Å². The summed E-state index contributed by atoms with van der Waals surface area (Å²) in [6, 6.07) is 11.4. The van der Waals surface area contributed by atoms with E-state index in [0.717, 1.165) is 22.4 Å². The molecule has 5 rings (SSSR count). The molecule has 0 unspecified atom stereocenters. The molecule has 2 aliphatic rings. The fourth-order valence-corrected chi connectivity index (χ4v) is 4.00. The number of hydrogen-bond acceptors (Lipinski definition) is 7. The van der Waals surface area contributed by atoms with Gasteiger partial charge in [-0.25, -0.2) is 4.98 Å². The van der Waals surface area contributed by atoms with E-state index in [9.17, 15) is 9.90 Å². The second-order valence-corrected chi connectivity index (χ2v) is 8.01. The van der Waals surface area contributed by atoms with Crippen molar-refractivity contribution in [3.05, 3.63) is 65.2 Å². The molecule has 0 bridgehead atoms. The standard InChI is InChI=1S/C24H24N2O6/c1-14-25-20(11-30-14)17-4-2-15(3-5-17)8-16-9-18(23-22(10-16)31-13-32-23)24(28)26-19-6-7-29-12-21(19)27/h2-5,9-11,19,21,27H,6-8,12-13H2,1H3,(H,26,28)/t19-,21-/m0/s1. The van der Waals surface area contributed by atoms with Gasteiger partial charge in [0.1, 0.15) is 12.0 Å². The minimum absolute atomic E-state index is 0.0742. The Kier molecular flexibility index (Phi) is 5.55. The molecule has 8 heteroatoms. The Morgan fingerprint density at radius 3 is 2.78 bits per heavy atom. The molecule has 32 heavy (non-hydrogen) atoms. The molecule has 3 aromatic rings. The maximum absolute atomic E-state index is 13.0. The van der Waals surface area contributed by atoms with Crippen molar-refractivity contribution in [2.24, 2.45) is 0 Å². The lowest BCUT2D eigenvalue weighted by atomic mass is 9.99. The fourth-order valence-electron chi connectivity index (χ4n) is 4.00. The van der Waals surface area contributed by atoms with Crippen LogP contribution in [0.2, 0.25) is 0 Å². The van der Waals surface area contributed by atoms with Gasteiger partial charge in [0, 0.05) is 19.1 Å². The molecule has 2 atom stereocenters. The first-order chi connectivity index (χ1) is 15.6. The predicted octanol–water partition coefficient (Wildman–Crippen LogP) is 2.85. The lowest BCUT2D eigenvalue weighted by molar-refractivity contribution is -0.0261. The second-order valence-electron chi connectivity index (χ2n) is 8.01. The summed E-state index contributed by atoms with van der Waals surface area (Å²) in [5, 5.41) is 13.0. The summed E-state index contributed by atoms with van der Waals surface area (Å²) in [4.78, 5) is 17.4. The average molecular weight is 436 g/mol. The highest BCUT2D eigenvalue weighted by atomic mass is 16.7. The van der Waals surface area contributed by atoms with Gasteiger partial charge >= 0.3 is 0 Å². The number of nitrogens with one attached hydrogen (secondary N) is 1. The molecule has 1 amide bonds. The van der Waals surface area contributed by atoms with Crippen molar-refractivity contribution < 1.29 is 28.5 Å². The van der Waals surface area contributed by atoms with Gasteiger partial charge in [0.05, 0.1) is 24.3 Å². The lowest BCUT2D eigenvalue weighted by Gasteiger charge is -2.28. The topological polar surface area (TPSA) is 103 Å². The maximum atomic E-state index is 13.0. The van der Waals surface area contributed by atoms with Gasteiger partial charge in [0.2, 0.25) is 6.79 Å². The Morgan fingerprint density at radius 1 is 1.19 bits per heavy atom. The molecular formula is C24H24N2O6. The number of aromatic nitrogens is 1. The second kappa shape index (κ2) is 8.64. The number of hydrogen-bond donors (Lipinski definition) is 2. The number of carbonyl (C=O) groups is 1. The molecule has 8 nitrogen and oxygen atoms in total. The smallest absolute Gasteiger partial charge is 0.255 e. The molecule has 2 aliphatic heterocycles. The van der Waals surface area contributed by atoms with E-state index in [1.807, 2.05) is 43.3 Å². The number of aliphatic hydroxyl groups is 1. The van der Waals surface area contributed by atoms with Gasteiger partial charge < -0.3 is 29.1 Å². The number of amides is 1. The Labute approximate surface area is 185 Å². The third-order valence-corrected chi connectivity index (χ3v) is 5.70. The van der Waals surface area contributed by atoms with Crippen LogP contribution in [0.25, 0.3) is 11.3 Å². The first-order valence-corrected chi connectivity index (χ1v) is 10.6. The largest absolute Gasteiger partial charge is 0.454 e. The van der Waals surface area contributed by atoms with Crippen LogP contribution in [0.5, 0.6) is 11.5 Å². The van der Waals surface area contributed by atoms with Crippen LogP contribution in [0, 0.1) is 6.92 Å². The summed E-state index contributed by atoms with van der Waals surface area (Å²) >= 11 is 0. The zero-order chi connectivity index (χ0) is 22.1. The first-order valence-electron chi connectivity index (χ1n) is 10.6. The number of nitrogens with zero attached hydrogens (tertiary/aromatic N) is 1. The van der Waals surface area contributed by atoms with Crippen LogP contribution in [0.4, 0.5) is 0 Å². The van der Waals surface area contributed by atoms with E-state index in [2.05, 4.69) is 10.3 Å². The number of benzene rings is 2. The molecule has 166 valence electrons. The van der Waals surface area contributed by atoms with E-state index >= 15 is 0 Å². The molecule has 0 aliphatic carbocycles. The molecule has 0 spiro atoms. The summed E-state index contributed by atoms with van der Waals surface area (Å²) in [6.07, 6.45) is 2.09. The summed E-state index contributed by atoms with van der Waals surface area (Å²) in [6.45, 7) is 2.61. The highest BCUT2D eigenvalue weighted by molar-refractivity contribution is 5.98. The molecular weight excluding hydrogens is 412 g/mol. The van der Waals surface area contributed by atoms with Crippen molar-refractivity contribution in [1.29, 1.82) is 0 Å². The summed E-state index contributed by atoms with van der Waals surface area (Å²) in [5.41, 5.74) is 4.19. The van der Waals surface area contributed by atoms with Crippen LogP contribution in [0.3, 0.4) is 0 Å². The molecule has 1 aromatic heterocycles. The van der Waals surface area contributed by atoms with Gasteiger partial charge in [-0.1, -0.05) is 24.3 Å². The number of carbonyl (C=O) groups excluding carboxylic acids is 1. The molecule has 1 fully saturated rings. The van der Waals surface area contributed by atoms with E-state index in [4.69, 9.17) is 18.6 Å². The third kappa shape index (κ3) is 4.19. The van der Waals surface area contributed by atoms with Crippen molar-refractivity contribution in [3.63, 3.8) is 0 Å². The maximum Gasteiger partial charge on any atom is 0.255 e. The molecule has 2 aromatic carbocycles. The Morgan fingerprint density at radius 2 is 2.03 bits per heavy atom. The Bertz CT molecular complexity index is 1120. The fraction of sp³-hybridized carbons (Fsp3) is 0.333. The van der Waals surface area contributed by atoms with Crippen molar-refractivity contribution >= 4 is 5.91 Å². The van der Waals surface area contributed by atoms with Gasteiger partial charge in [-0.2, -0.15) is 0 Å². The quantitative estimate of drug-likeness (QED) is 0.634. The number of oxazole rings is 1. The van der Waals surface area contributed by atoms with E-state index in [0.29, 0.717) is 42.4 Å². The van der Waals surface area contributed by atoms with Crippen LogP contribution in [-0.4, -0.2) is 48.2 Å². The number of aryl methyl sites for hydroxylation is 1. The first kappa shape index (κ1) is 20.5.